The van der Waals surface area contributed by atoms with Gasteiger partial charge >= 0.3 is 0 Å². The van der Waals surface area contributed by atoms with Crippen LogP contribution in [0.25, 0.3) is 117 Å². The van der Waals surface area contributed by atoms with Crippen molar-refractivity contribution in [2.45, 2.75) is 0 Å². The third-order valence-electron chi connectivity index (χ3n) is 11.4. The Labute approximate surface area is 319 Å². The molecule has 0 saturated carbocycles. The van der Waals surface area contributed by atoms with Crippen molar-refractivity contribution in [2.75, 3.05) is 0 Å². The van der Waals surface area contributed by atoms with Gasteiger partial charge < -0.3 is 0 Å². The Morgan fingerprint density at radius 1 is 0.278 bits per heavy atom. The minimum atomic E-state index is 1.23. The smallest absolute Gasteiger partial charge is 0.0540 e. The Balaban J connectivity index is 1.16. The lowest BCUT2D eigenvalue weighted by Gasteiger charge is -2.19. The van der Waals surface area contributed by atoms with Gasteiger partial charge in [-0.2, -0.15) is 0 Å². The molecule has 0 aliphatic carbocycles. The molecule has 2 heterocycles. The number of fused-ring (bicyclic) bond motifs is 12. The molecule has 2 heteroatoms. The summed E-state index contributed by atoms with van der Waals surface area (Å²) in [5, 5.41) is 15.6. The van der Waals surface area contributed by atoms with E-state index in [0.29, 0.717) is 0 Å². The van der Waals surface area contributed by atoms with E-state index in [1.807, 2.05) is 22.7 Å². The molecule has 0 nitrogen and oxygen atoms in total. The summed E-state index contributed by atoms with van der Waals surface area (Å²) in [5.41, 5.74) is 7.63. The van der Waals surface area contributed by atoms with Gasteiger partial charge in [0.15, 0.2) is 0 Å². The zero-order chi connectivity index (χ0) is 35.3. The van der Waals surface area contributed by atoms with Crippen LogP contribution in [0.15, 0.2) is 182 Å². The summed E-state index contributed by atoms with van der Waals surface area (Å²) in [6.07, 6.45) is 0. The van der Waals surface area contributed by atoms with Crippen molar-refractivity contribution in [3.63, 3.8) is 0 Å². The summed E-state index contributed by atoms with van der Waals surface area (Å²) in [4.78, 5) is 0. The minimum Gasteiger partial charge on any atom is -0.134 e. The lowest BCUT2D eigenvalue weighted by Crippen LogP contribution is -1.92. The quantitative estimate of drug-likeness (QED) is 0.160. The average molecular weight is 719 g/mol. The van der Waals surface area contributed by atoms with Gasteiger partial charge in [-0.05, 0) is 94.7 Å². The van der Waals surface area contributed by atoms with Crippen molar-refractivity contribution in [2.24, 2.45) is 0 Å². The maximum Gasteiger partial charge on any atom is 0.0540 e. The van der Waals surface area contributed by atoms with Gasteiger partial charge in [0.1, 0.15) is 0 Å². The lowest BCUT2D eigenvalue weighted by atomic mass is 9.84. The van der Waals surface area contributed by atoms with Crippen molar-refractivity contribution < 1.29 is 0 Å². The van der Waals surface area contributed by atoms with Crippen molar-refractivity contribution >= 4 is 106 Å². The first-order valence-corrected chi connectivity index (χ1v) is 20.1. The van der Waals surface area contributed by atoms with Crippen molar-refractivity contribution in [3.8, 4) is 33.4 Å². The topological polar surface area (TPSA) is 0 Å². The molecule has 0 bridgehead atoms. The minimum absolute atomic E-state index is 1.23. The summed E-state index contributed by atoms with van der Waals surface area (Å²) in [7, 11) is 0. The first kappa shape index (κ1) is 30.2. The Kier molecular flexibility index (Phi) is 6.48. The molecule has 0 saturated heterocycles. The molecular weight excluding hydrogens is 689 g/mol. The second-order valence-corrected chi connectivity index (χ2v) is 16.4. The zero-order valence-corrected chi connectivity index (χ0v) is 30.8. The summed E-state index contributed by atoms with van der Waals surface area (Å²) < 4.78 is 5.48. The van der Waals surface area contributed by atoms with Crippen LogP contribution in [0.4, 0.5) is 0 Å². The van der Waals surface area contributed by atoms with E-state index in [0.717, 1.165) is 0 Å². The predicted octanol–water partition coefficient (Wildman–Crippen LogP) is 16.0. The van der Waals surface area contributed by atoms with Gasteiger partial charge in [-0.3, -0.25) is 0 Å². The second kappa shape index (κ2) is 11.6. The van der Waals surface area contributed by atoms with Crippen LogP contribution in [0.3, 0.4) is 0 Å². The second-order valence-electron chi connectivity index (χ2n) is 14.3. The first-order chi connectivity index (χ1) is 26.8. The highest BCUT2D eigenvalue weighted by Crippen LogP contribution is 2.51. The fourth-order valence-electron chi connectivity index (χ4n) is 9.09. The van der Waals surface area contributed by atoms with E-state index in [9.17, 15) is 0 Å². The first-order valence-electron chi connectivity index (χ1n) is 18.5. The number of thiophene rings is 2. The van der Waals surface area contributed by atoms with Crippen LogP contribution < -0.4 is 0 Å². The van der Waals surface area contributed by atoms with Crippen molar-refractivity contribution in [1.82, 2.24) is 0 Å². The molecule has 12 aromatic rings. The molecule has 0 unspecified atom stereocenters. The highest BCUT2D eigenvalue weighted by atomic mass is 32.1. The van der Waals surface area contributed by atoms with E-state index in [-0.39, 0.29) is 0 Å². The maximum absolute atomic E-state index is 2.49. The molecule has 0 fully saturated rings. The van der Waals surface area contributed by atoms with E-state index in [1.165, 1.54) is 117 Å². The van der Waals surface area contributed by atoms with Gasteiger partial charge in [-0.1, -0.05) is 164 Å². The highest BCUT2D eigenvalue weighted by Gasteiger charge is 2.21. The fourth-order valence-corrected chi connectivity index (χ4v) is 11.8. The Bertz CT molecular complexity index is 3440. The van der Waals surface area contributed by atoms with Crippen LogP contribution in [0.2, 0.25) is 0 Å². The zero-order valence-electron chi connectivity index (χ0n) is 29.1. The van der Waals surface area contributed by atoms with Gasteiger partial charge in [0.2, 0.25) is 0 Å². The molecule has 0 amide bonds. The number of hydrogen-bond donors (Lipinski definition) is 0. The van der Waals surface area contributed by atoms with Gasteiger partial charge in [0.25, 0.3) is 0 Å². The van der Waals surface area contributed by atoms with Crippen LogP contribution in [-0.2, 0) is 0 Å². The molecule has 0 atom stereocenters. The molecule has 0 spiro atoms. The third-order valence-corrected chi connectivity index (χ3v) is 14.0. The standard InChI is InChI=1S/C52H30S2/c1-3-18-35-31(13-1)15-12-25-37(35)48-40-22-7-5-20-38(40)47(39-21-6-8-23-41(39)48)34-17-11-16-33(29-34)44-30-45-42-28-27-32-14-2-4-19-36(32)50(42)54-51(45)52-49(44)43-24-9-10-26-46(43)53-52/h1-30H. The van der Waals surface area contributed by atoms with Crippen molar-refractivity contribution in [3.05, 3.63) is 182 Å². The predicted molar refractivity (Wildman–Crippen MR) is 239 cm³/mol. The molecule has 0 aliphatic heterocycles. The molecule has 10 aromatic carbocycles. The summed E-state index contributed by atoms with van der Waals surface area (Å²) in [6.45, 7) is 0. The molecule has 0 radical (unpaired) electrons. The third kappa shape index (κ3) is 4.30. The van der Waals surface area contributed by atoms with Gasteiger partial charge in [0.05, 0.1) is 9.40 Å². The fraction of sp³-hybridized carbons (Fsp3) is 0. The van der Waals surface area contributed by atoms with E-state index < -0.39 is 0 Å². The van der Waals surface area contributed by atoms with Gasteiger partial charge in [-0.25, -0.2) is 0 Å². The molecule has 54 heavy (non-hydrogen) atoms. The van der Waals surface area contributed by atoms with Crippen LogP contribution in [0.1, 0.15) is 0 Å². The number of hydrogen-bond acceptors (Lipinski definition) is 2. The van der Waals surface area contributed by atoms with Gasteiger partial charge in [0, 0.05) is 30.9 Å². The molecular formula is C52H30S2. The van der Waals surface area contributed by atoms with E-state index in [1.54, 1.807) is 0 Å². The van der Waals surface area contributed by atoms with Crippen LogP contribution in [0.5, 0.6) is 0 Å². The normalized spacial score (nSPS) is 12.1. The molecule has 0 aliphatic rings. The van der Waals surface area contributed by atoms with E-state index in [2.05, 4.69) is 182 Å². The number of rotatable bonds is 3. The Hall–Kier alpha value is -6.32. The molecule has 2 aromatic heterocycles. The van der Waals surface area contributed by atoms with Crippen LogP contribution >= 0.6 is 22.7 Å². The largest absolute Gasteiger partial charge is 0.134 e. The summed E-state index contributed by atoms with van der Waals surface area (Å²) in [5.74, 6) is 0. The maximum atomic E-state index is 2.49. The van der Waals surface area contributed by atoms with E-state index >= 15 is 0 Å². The Morgan fingerprint density at radius 2 is 0.852 bits per heavy atom. The Morgan fingerprint density at radius 3 is 1.61 bits per heavy atom. The lowest BCUT2D eigenvalue weighted by molar-refractivity contribution is 1.65. The van der Waals surface area contributed by atoms with Crippen molar-refractivity contribution in [1.29, 1.82) is 0 Å². The summed E-state index contributed by atoms with van der Waals surface area (Å²) >= 11 is 3.89. The van der Waals surface area contributed by atoms with E-state index in [4.69, 9.17) is 0 Å². The van der Waals surface area contributed by atoms with Gasteiger partial charge in [-0.15, -0.1) is 22.7 Å². The monoisotopic (exact) mass is 718 g/mol. The number of benzene rings is 10. The molecule has 12 rings (SSSR count). The SMILES string of the molecule is c1cc(-c2c3ccccc3c(-c3cccc4ccccc34)c3ccccc23)cc(-c2cc3c4ccc5ccccc5c4sc3c3sc4ccccc4c23)c1. The summed E-state index contributed by atoms with van der Waals surface area (Å²) in [6, 6.07) is 67.7. The molecule has 0 N–H and O–H groups in total. The van der Waals surface area contributed by atoms with Crippen LogP contribution in [0, 0.1) is 0 Å². The van der Waals surface area contributed by atoms with Crippen LogP contribution in [-0.4, -0.2) is 0 Å². The highest BCUT2D eigenvalue weighted by molar-refractivity contribution is 7.34. The average Bonchev–Trinajstić information content (AvgIpc) is 3.82. The molecule has 250 valence electrons.